The van der Waals surface area contributed by atoms with Gasteiger partial charge in [-0.25, -0.2) is 0 Å². The first-order chi connectivity index (χ1) is 13.9. The molecule has 0 bridgehead atoms. The van der Waals surface area contributed by atoms with Gasteiger partial charge in [0.1, 0.15) is 11.3 Å². The van der Waals surface area contributed by atoms with Crippen molar-refractivity contribution >= 4 is 23.2 Å². The maximum Gasteiger partial charge on any atom is 0.264 e. The number of amides is 2. The quantitative estimate of drug-likeness (QED) is 0.483. The molecule has 4 unspecified atom stereocenters. The Morgan fingerprint density at radius 1 is 1.03 bits per heavy atom. The van der Waals surface area contributed by atoms with Gasteiger partial charge in [-0.05, 0) is 56.4 Å². The van der Waals surface area contributed by atoms with Crippen molar-refractivity contribution in [3.05, 3.63) is 35.6 Å². The van der Waals surface area contributed by atoms with Crippen molar-refractivity contribution in [1.82, 2.24) is 5.32 Å². The molecule has 0 spiro atoms. The van der Waals surface area contributed by atoms with Crippen molar-refractivity contribution in [2.75, 3.05) is 23.3 Å². The number of rotatable bonds is 3. The summed E-state index contributed by atoms with van der Waals surface area (Å²) in [5.74, 6) is -2.28. The molecule has 1 aliphatic carbocycles. The fourth-order valence-corrected chi connectivity index (χ4v) is 4.49. The van der Waals surface area contributed by atoms with E-state index in [2.05, 4.69) is 15.5 Å². The van der Waals surface area contributed by atoms with E-state index in [1.165, 1.54) is 19.3 Å². The number of benzene rings is 1. The SMILES string of the molecule is O=C(Nc1ccc(N2CCCCC2)cc1)C1=C(O)C2CC(O)C(O)CC2NC1=O. The van der Waals surface area contributed by atoms with Crippen LogP contribution in [-0.2, 0) is 9.59 Å². The third-order valence-electron chi connectivity index (χ3n) is 6.15. The Morgan fingerprint density at radius 3 is 2.38 bits per heavy atom. The largest absolute Gasteiger partial charge is 0.511 e. The smallest absolute Gasteiger partial charge is 0.264 e. The Hall–Kier alpha value is -2.58. The van der Waals surface area contributed by atoms with Gasteiger partial charge in [-0.15, -0.1) is 0 Å². The fourth-order valence-electron chi connectivity index (χ4n) is 4.49. The first-order valence-electron chi connectivity index (χ1n) is 10.2. The number of fused-ring (bicyclic) bond motifs is 1. The van der Waals surface area contributed by atoms with E-state index in [1.54, 1.807) is 12.1 Å². The zero-order valence-corrected chi connectivity index (χ0v) is 16.2. The molecule has 8 heteroatoms. The lowest BCUT2D eigenvalue weighted by Crippen LogP contribution is -2.55. The molecule has 2 heterocycles. The number of anilines is 2. The van der Waals surface area contributed by atoms with Gasteiger partial charge in [-0.3, -0.25) is 9.59 Å². The number of nitrogens with zero attached hydrogens (tertiary/aromatic N) is 1. The van der Waals surface area contributed by atoms with Crippen molar-refractivity contribution in [3.8, 4) is 0 Å². The normalized spacial score (nSPS) is 29.9. The Morgan fingerprint density at radius 2 is 1.69 bits per heavy atom. The van der Waals surface area contributed by atoms with Gasteiger partial charge in [-0.1, -0.05) is 0 Å². The minimum atomic E-state index is -1.000. The van der Waals surface area contributed by atoms with E-state index in [4.69, 9.17) is 0 Å². The highest BCUT2D eigenvalue weighted by Crippen LogP contribution is 2.34. The molecule has 1 aromatic carbocycles. The van der Waals surface area contributed by atoms with Crippen LogP contribution < -0.4 is 15.5 Å². The van der Waals surface area contributed by atoms with Crippen molar-refractivity contribution in [1.29, 1.82) is 0 Å². The third-order valence-corrected chi connectivity index (χ3v) is 6.15. The van der Waals surface area contributed by atoms with Crippen LogP contribution in [-0.4, -0.2) is 58.5 Å². The summed E-state index contributed by atoms with van der Waals surface area (Å²) >= 11 is 0. The van der Waals surface area contributed by atoms with Gasteiger partial charge >= 0.3 is 0 Å². The van der Waals surface area contributed by atoms with Crippen LogP contribution in [0.1, 0.15) is 32.1 Å². The average molecular weight is 401 g/mol. The molecule has 1 aromatic rings. The second-order valence-corrected chi connectivity index (χ2v) is 8.10. The fraction of sp³-hybridized carbons (Fsp3) is 0.524. The van der Waals surface area contributed by atoms with Crippen molar-refractivity contribution in [3.63, 3.8) is 0 Å². The standard InChI is InChI=1S/C21H27N3O5/c25-16-10-14-15(11-17(16)26)23-21(29)18(19(14)27)20(28)22-12-4-6-13(7-5-12)24-8-2-1-3-9-24/h4-7,14-17,25-27H,1-3,8-11H2,(H,22,28)(H,23,29). The summed E-state index contributed by atoms with van der Waals surface area (Å²) in [6.45, 7) is 2.05. The predicted octanol–water partition coefficient (Wildman–Crippen LogP) is 1.06. The molecule has 2 amide bonds. The molecule has 0 aromatic heterocycles. The molecule has 2 aliphatic heterocycles. The van der Waals surface area contributed by atoms with E-state index < -0.39 is 36.0 Å². The number of hydrogen-bond donors (Lipinski definition) is 5. The number of aliphatic hydroxyl groups excluding tert-OH is 3. The summed E-state index contributed by atoms with van der Waals surface area (Å²) in [7, 11) is 0. The maximum absolute atomic E-state index is 12.7. The lowest BCUT2D eigenvalue weighted by Gasteiger charge is -2.40. The minimum Gasteiger partial charge on any atom is -0.511 e. The molecule has 8 nitrogen and oxygen atoms in total. The molecule has 29 heavy (non-hydrogen) atoms. The zero-order chi connectivity index (χ0) is 20.5. The monoisotopic (exact) mass is 401 g/mol. The number of aliphatic hydroxyl groups is 3. The predicted molar refractivity (Wildman–Crippen MR) is 107 cm³/mol. The number of carbonyl (C=O) groups excluding carboxylic acids is 2. The lowest BCUT2D eigenvalue weighted by molar-refractivity contribution is -0.125. The molecule has 5 N–H and O–H groups in total. The Balaban J connectivity index is 1.48. The first kappa shape index (κ1) is 19.7. The van der Waals surface area contributed by atoms with Crippen LogP contribution in [0.3, 0.4) is 0 Å². The van der Waals surface area contributed by atoms with E-state index >= 15 is 0 Å². The van der Waals surface area contributed by atoms with E-state index in [9.17, 15) is 24.9 Å². The highest BCUT2D eigenvalue weighted by atomic mass is 16.3. The van der Waals surface area contributed by atoms with Crippen LogP contribution in [0.15, 0.2) is 35.6 Å². The second kappa shape index (κ2) is 8.04. The molecule has 1 saturated heterocycles. The van der Waals surface area contributed by atoms with Gasteiger partial charge in [-0.2, -0.15) is 0 Å². The lowest BCUT2D eigenvalue weighted by atomic mass is 9.77. The van der Waals surface area contributed by atoms with Crippen molar-refractivity contribution < 1.29 is 24.9 Å². The molecular formula is C21H27N3O5. The van der Waals surface area contributed by atoms with Crippen LogP contribution in [0.4, 0.5) is 11.4 Å². The first-order valence-corrected chi connectivity index (χ1v) is 10.2. The molecular weight excluding hydrogens is 374 g/mol. The number of carbonyl (C=O) groups is 2. The van der Waals surface area contributed by atoms with Crippen LogP contribution in [0, 0.1) is 5.92 Å². The second-order valence-electron chi connectivity index (χ2n) is 8.10. The van der Waals surface area contributed by atoms with Gasteiger partial charge in [0.15, 0.2) is 0 Å². The van der Waals surface area contributed by atoms with Gasteiger partial charge in [0, 0.05) is 36.4 Å². The van der Waals surface area contributed by atoms with E-state index in [0.29, 0.717) is 5.69 Å². The zero-order valence-electron chi connectivity index (χ0n) is 16.2. The van der Waals surface area contributed by atoms with Crippen LogP contribution >= 0.6 is 0 Å². The summed E-state index contributed by atoms with van der Waals surface area (Å²) in [5, 5.41) is 35.6. The molecule has 4 rings (SSSR count). The maximum atomic E-state index is 12.7. The summed E-state index contributed by atoms with van der Waals surface area (Å²) < 4.78 is 0. The molecule has 2 fully saturated rings. The number of nitrogens with one attached hydrogen (secondary N) is 2. The van der Waals surface area contributed by atoms with Gasteiger partial charge in [0.25, 0.3) is 11.8 Å². The van der Waals surface area contributed by atoms with E-state index in [-0.39, 0.29) is 24.2 Å². The highest BCUT2D eigenvalue weighted by Gasteiger charge is 2.44. The number of piperidine rings is 1. The van der Waals surface area contributed by atoms with E-state index in [0.717, 1.165) is 18.8 Å². The van der Waals surface area contributed by atoms with Crippen LogP contribution in [0.2, 0.25) is 0 Å². The topological polar surface area (TPSA) is 122 Å². The van der Waals surface area contributed by atoms with Crippen molar-refractivity contribution in [2.45, 2.75) is 50.4 Å². The molecule has 1 saturated carbocycles. The minimum absolute atomic E-state index is 0.0826. The average Bonchev–Trinajstić information content (AvgIpc) is 2.71. The summed E-state index contributed by atoms with van der Waals surface area (Å²) in [5.41, 5.74) is 1.29. The molecule has 156 valence electrons. The van der Waals surface area contributed by atoms with Gasteiger partial charge in [0.2, 0.25) is 0 Å². The highest BCUT2D eigenvalue weighted by molar-refractivity contribution is 6.23. The van der Waals surface area contributed by atoms with E-state index in [1.807, 2.05) is 12.1 Å². The molecule has 0 radical (unpaired) electrons. The Bertz CT molecular complexity index is 816. The van der Waals surface area contributed by atoms with Crippen LogP contribution in [0.5, 0.6) is 0 Å². The molecule has 4 atom stereocenters. The summed E-state index contributed by atoms with van der Waals surface area (Å²) in [6.07, 6.45) is 1.86. The Kier molecular flexibility index (Phi) is 5.47. The van der Waals surface area contributed by atoms with Crippen molar-refractivity contribution in [2.24, 2.45) is 5.92 Å². The summed E-state index contributed by atoms with van der Waals surface area (Å²) in [6, 6.07) is 6.94. The number of hydrogen-bond acceptors (Lipinski definition) is 6. The molecule has 3 aliphatic rings. The summed E-state index contributed by atoms with van der Waals surface area (Å²) in [4.78, 5) is 27.4. The van der Waals surface area contributed by atoms with Gasteiger partial charge in [0.05, 0.1) is 12.2 Å². The third kappa shape index (κ3) is 3.95. The Labute approximate surface area is 169 Å². The van der Waals surface area contributed by atoms with Crippen LogP contribution in [0.25, 0.3) is 0 Å². The van der Waals surface area contributed by atoms with Gasteiger partial charge < -0.3 is 30.9 Å².